The lowest BCUT2D eigenvalue weighted by Crippen LogP contribution is -2.40. The van der Waals surface area contributed by atoms with Crippen LogP contribution in [-0.4, -0.2) is 48.3 Å². The Bertz CT molecular complexity index is 529. The van der Waals surface area contributed by atoms with Crippen molar-refractivity contribution in [2.45, 2.75) is 31.9 Å². The van der Waals surface area contributed by atoms with E-state index in [0.29, 0.717) is 17.9 Å². The summed E-state index contributed by atoms with van der Waals surface area (Å²) >= 11 is 1.41. The zero-order chi connectivity index (χ0) is 14.5. The third-order valence-electron chi connectivity index (χ3n) is 3.47. The smallest absolute Gasteiger partial charge is 0.265 e. The van der Waals surface area contributed by atoms with Crippen LogP contribution in [0.4, 0.5) is 0 Å². The van der Waals surface area contributed by atoms with Crippen molar-refractivity contribution in [3.63, 3.8) is 0 Å². The number of aliphatic hydroxyl groups excluding tert-OH is 1. The maximum absolute atomic E-state index is 12.6. The van der Waals surface area contributed by atoms with Crippen molar-refractivity contribution in [1.29, 1.82) is 0 Å². The Kier molecular flexibility index (Phi) is 5.18. The van der Waals surface area contributed by atoms with Crippen LogP contribution in [0.1, 0.15) is 35.0 Å². The van der Waals surface area contributed by atoms with Gasteiger partial charge in [-0.25, -0.2) is 0 Å². The number of aliphatic hydroxyl groups is 1. The maximum atomic E-state index is 12.6. The van der Waals surface area contributed by atoms with Gasteiger partial charge in [-0.2, -0.15) is 0 Å². The van der Waals surface area contributed by atoms with Gasteiger partial charge in [0.2, 0.25) is 0 Å². The summed E-state index contributed by atoms with van der Waals surface area (Å²) in [7, 11) is 1.82. The minimum Gasteiger partial charge on any atom is -0.395 e. The number of thiophene rings is 1. The van der Waals surface area contributed by atoms with Crippen LogP contribution in [0.25, 0.3) is 0 Å². The first-order chi connectivity index (χ1) is 9.65. The lowest BCUT2D eigenvalue weighted by molar-refractivity contribution is 0.0578. The second-order valence-electron chi connectivity index (χ2n) is 4.79. The molecular weight excluding hydrogens is 274 g/mol. The van der Waals surface area contributed by atoms with E-state index < -0.39 is 0 Å². The molecule has 1 amide bonds. The van der Waals surface area contributed by atoms with Crippen LogP contribution < -0.4 is 0 Å². The van der Waals surface area contributed by atoms with Gasteiger partial charge >= 0.3 is 0 Å². The fourth-order valence-electron chi connectivity index (χ4n) is 2.33. The number of carbonyl (C=O) groups is 1. The average Bonchev–Trinajstić information content (AvgIpc) is 3.06. The Balaban J connectivity index is 2.13. The molecule has 1 aliphatic heterocycles. The molecule has 0 aliphatic carbocycles. The van der Waals surface area contributed by atoms with E-state index in [1.807, 2.05) is 25.4 Å². The van der Waals surface area contributed by atoms with Crippen molar-refractivity contribution in [3.8, 4) is 11.8 Å². The molecule has 2 rings (SSSR count). The summed E-state index contributed by atoms with van der Waals surface area (Å²) in [6.45, 7) is 2.74. The van der Waals surface area contributed by atoms with E-state index in [1.54, 1.807) is 4.90 Å². The largest absolute Gasteiger partial charge is 0.395 e. The molecule has 0 aromatic carbocycles. The van der Waals surface area contributed by atoms with Crippen molar-refractivity contribution >= 4 is 17.2 Å². The fraction of sp³-hybridized carbons (Fsp3) is 0.533. The summed E-state index contributed by atoms with van der Waals surface area (Å²) in [5.74, 6) is 5.81. The highest BCUT2D eigenvalue weighted by Gasteiger charge is 2.31. The summed E-state index contributed by atoms with van der Waals surface area (Å²) in [5, 5.41) is 10.6. The van der Waals surface area contributed by atoms with Crippen LogP contribution in [0.15, 0.2) is 11.4 Å². The molecule has 0 saturated carbocycles. The number of rotatable bonds is 3. The van der Waals surface area contributed by atoms with E-state index in [0.717, 1.165) is 12.0 Å². The van der Waals surface area contributed by atoms with Crippen LogP contribution in [-0.2, 0) is 4.74 Å². The Morgan fingerprint density at radius 1 is 1.65 bits per heavy atom. The third-order valence-corrected chi connectivity index (χ3v) is 4.38. The topological polar surface area (TPSA) is 49.8 Å². The number of nitrogens with zero attached hydrogens (tertiary/aromatic N) is 1. The molecule has 1 aromatic rings. The average molecular weight is 293 g/mol. The predicted octanol–water partition coefficient (Wildman–Crippen LogP) is 1.73. The summed E-state index contributed by atoms with van der Waals surface area (Å²) in [5.41, 5.74) is 0.742. The first-order valence-corrected chi connectivity index (χ1v) is 7.59. The number of ether oxygens (including phenoxy) is 1. The molecule has 1 fully saturated rings. The van der Waals surface area contributed by atoms with Gasteiger partial charge in [0.15, 0.2) is 0 Å². The standard InChI is InChI=1S/C15H19NO3S/c1-11-13(6-9-19-11)16(2)15(18)14-12(7-10-20-14)5-3-4-8-17/h7,10-11,13,17H,4,6,8-9H2,1-2H3. The molecule has 1 aromatic heterocycles. The number of hydrogen-bond donors (Lipinski definition) is 1. The summed E-state index contributed by atoms with van der Waals surface area (Å²) in [6.07, 6.45) is 1.38. The van der Waals surface area contributed by atoms with Gasteiger partial charge in [-0.1, -0.05) is 11.8 Å². The third kappa shape index (κ3) is 3.21. The molecule has 20 heavy (non-hydrogen) atoms. The molecule has 0 bridgehead atoms. The van der Waals surface area contributed by atoms with Crippen molar-refractivity contribution in [1.82, 2.24) is 4.90 Å². The van der Waals surface area contributed by atoms with Crippen LogP contribution in [0.2, 0.25) is 0 Å². The molecule has 0 spiro atoms. The van der Waals surface area contributed by atoms with Crippen molar-refractivity contribution in [2.24, 2.45) is 0 Å². The number of amides is 1. The van der Waals surface area contributed by atoms with E-state index in [2.05, 4.69) is 11.8 Å². The van der Waals surface area contributed by atoms with E-state index in [-0.39, 0.29) is 24.7 Å². The van der Waals surface area contributed by atoms with E-state index in [1.165, 1.54) is 11.3 Å². The minimum absolute atomic E-state index is 0.00403. The van der Waals surface area contributed by atoms with Gasteiger partial charge in [0.1, 0.15) is 4.88 Å². The van der Waals surface area contributed by atoms with Crippen molar-refractivity contribution < 1.29 is 14.6 Å². The van der Waals surface area contributed by atoms with Gasteiger partial charge in [-0.3, -0.25) is 4.79 Å². The number of hydrogen-bond acceptors (Lipinski definition) is 4. The highest BCUT2D eigenvalue weighted by Crippen LogP contribution is 2.23. The first-order valence-electron chi connectivity index (χ1n) is 6.71. The quantitative estimate of drug-likeness (QED) is 0.864. The zero-order valence-electron chi connectivity index (χ0n) is 11.8. The van der Waals surface area contributed by atoms with Gasteiger partial charge in [0, 0.05) is 25.6 Å². The molecule has 4 nitrogen and oxygen atoms in total. The van der Waals surface area contributed by atoms with Gasteiger partial charge in [0.05, 0.1) is 18.8 Å². The molecule has 108 valence electrons. The Morgan fingerprint density at radius 3 is 3.10 bits per heavy atom. The van der Waals surface area contributed by atoms with E-state index >= 15 is 0 Å². The molecule has 2 heterocycles. The van der Waals surface area contributed by atoms with Gasteiger partial charge in [-0.15, -0.1) is 11.3 Å². The highest BCUT2D eigenvalue weighted by molar-refractivity contribution is 7.12. The normalized spacial score (nSPS) is 21.4. The molecule has 2 unspecified atom stereocenters. The Hall–Kier alpha value is -1.35. The first kappa shape index (κ1) is 15.0. The molecule has 1 N–H and O–H groups in total. The lowest BCUT2D eigenvalue weighted by Gasteiger charge is -2.26. The SMILES string of the molecule is CC1OCCC1N(C)C(=O)c1sccc1C#CCCO. The Morgan fingerprint density at radius 2 is 2.45 bits per heavy atom. The van der Waals surface area contributed by atoms with E-state index in [4.69, 9.17) is 9.84 Å². The molecule has 2 atom stereocenters. The second kappa shape index (κ2) is 6.89. The monoisotopic (exact) mass is 293 g/mol. The van der Waals surface area contributed by atoms with Crippen LogP contribution in [0.3, 0.4) is 0 Å². The lowest BCUT2D eigenvalue weighted by atomic mass is 10.1. The fourth-order valence-corrected chi connectivity index (χ4v) is 3.16. The number of likely N-dealkylation sites (N-methyl/N-ethyl adjacent to an activating group) is 1. The molecule has 0 radical (unpaired) electrons. The van der Waals surface area contributed by atoms with Crippen molar-refractivity contribution in [2.75, 3.05) is 20.3 Å². The molecule has 1 saturated heterocycles. The van der Waals surface area contributed by atoms with E-state index in [9.17, 15) is 4.79 Å². The summed E-state index contributed by atoms with van der Waals surface area (Å²) in [6, 6.07) is 1.98. The zero-order valence-corrected chi connectivity index (χ0v) is 12.6. The van der Waals surface area contributed by atoms with Crippen LogP contribution in [0.5, 0.6) is 0 Å². The number of carbonyl (C=O) groups excluding carboxylic acids is 1. The molecular formula is C15H19NO3S. The predicted molar refractivity (Wildman–Crippen MR) is 78.8 cm³/mol. The second-order valence-corrected chi connectivity index (χ2v) is 5.70. The molecule has 5 heteroatoms. The highest BCUT2D eigenvalue weighted by atomic mass is 32.1. The minimum atomic E-state index is -0.00403. The maximum Gasteiger partial charge on any atom is 0.265 e. The van der Waals surface area contributed by atoms with Crippen LogP contribution >= 0.6 is 11.3 Å². The van der Waals surface area contributed by atoms with Crippen LogP contribution in [0, 0.1) is 11.8 Å². The molecule has 1 aliphatic rings. The van der Waals surface area contributed by atoms with Gasteiger partial charge < -0.3 is 14.7 Å². The van der Waals surface area contributed by atoms with Gasteiger partial charge in [-0.05, 0) is 24.8 Å². The Labute approximate surface area is 123 Å². The summed E-state index contributed by atoms with van der Waals surface area (Å²) < 4.78 is 5.52. The summed E-state index contributed by atoms with van der Waals surface area (Å²) in [4.78, 5) is 15.0. The van der Waals surface area contributed by atoms with Crippen molar-refractivity contribution in [3.05, 3.63) is 21.9 Å². The van der Waals surface area contributed by atoms with Gasteiger partial charge in [0.25, 0.3) is 5.91 Å².